The number of halogens is 1. The van der Waals surface area contributed by atoms with E-state index >= 15 is 0 Å². The minimum atomic E-state index is -3.54. The molecule has 0 spiro atoms. The summed E-state index contributed by atoms with van der Waals surface area (Å²) in [6.45, 7) is 1.78. The lowest BCUT2D eigenvalue weighted by Gasteiger charge is -2.30. The number of anilines is 1. The van der Waals surface area contributed by atoms with Crippen LogP contribution in [0.25, 0.3) is 0 Å². The van der Waals surface area contributed by atoms with E-state index in [9.17, 15) is 8.42 Å². The molecule has 21 heavy (non-hydrogen) atoms. The van der Waals surface area contributed by atoms with Crippen LogP contribution in [-0.4, -0.2) is 26.0 Å². The van der Waals surface area contributed by atoms with E-state index in [1.807, 2.05) is 6.26 Å². The highest BCUT2D eigenvalue weighted by molar-refractivity contribution is 9.10. The molecule has 118 valence electrons. The summed E-state index contributed by atoms with van der Waals surface area (Å²) >= 11 is 5.06. The molecule has 0 aromatic heterocycles. The van der Waals surface area contributed by atoms with Crippen molar-refractivity contribution in [2.45, 2.75) is 48.8 Å². The van der Waals surface area contributed by atoms with Crippen molar-refractivity contribution in [1.82, 2.24) is 4.72 Å². The van der Waals surface area contributed by atoms with Gasteiger partial charge in [-0.15, -0.1) is 0 Å². The number of aryl methyl sites for hydroxylation is 1. The largest absolute Gasteiger partial charge is 0.398 e. The summed E-state index contributed by atoms with van der Waals surface area (Å²) in [7, 11) is -3.54. The van der Waals surface area contributed by atoms with Crippen LogP contribution in [0.3, 0.4) is 0 Å². The zero-order chi connectivity index (χ0) is 15.6. The summed E-state index contributed by atoms with van der Waals surface area (Å²) in [5.41, 5.74) is 6.96. The number of sulfonamides is 1. The Hall–Kier alpha value is -0.240. The van der Waals surface area contributed by atoms with Crippen molar-refractivity contribution in [1.29, 1.82) is 0 Å². The molecule has 0 radical (unpaired) electrons. The van der Waals surface area contributed by atoms with E-state index in [-0.39, 0.29) is 10.9 Å². The molecule has 0 bridgehead atoms. The quantitative estimate of drug-likeness (QED) is 0.770. The second-order valence-corrected chi connectivity index (χ2v) is 9.04. The molecule has 0 saturated heterocycles. The monoisotopic (exact) mass is 392 g/mol. The number of nitrogens with one attached hydrogen (secondary N) is 1. The van der Waals surface area contributed by atoms with E-state index in [0.29, 0.717) is 16.5 Å². The average Bonchev–Trinajstić information content (AvgIpc) is 2.43. The van der Waals surface area contributed by atoms with Gasteiger partial charge in [-0.2, -0.15) is 11.8 Å². The van der Waals surface area contributed by atoms with Gasteiger partial charge in [-0.05, 0) is 59.6 Å². The number of benzene rings is 1. The molecule has 4 nitrogen and oxygen atoms in total. The average molecular weight is 393 g/mol. The molecule has 3 N–H and O–H groups in total. The molecule has 1 aromatic rings. The van der Waals surface area contributed by atoms with Crippen LogP contribution in [-0.2, 0) is 10.0 Å². The standard InChI is InChI=1S/C14H21BrN2O2S2/c1-9-7-10(15)11(16)8-14(9)21(18,19)17-12-5-3-4-6-13(12)20-2/h7-8,12-13,17H,3-6,16H2,1-2H3. The number of hydrogen-bond donors (Lipinski definition) is 2. The normalized spacial score (nSPS) is 23.2. The van der Waals surface area contributed by atoms with Crippen LogP contribution >= 0.6 is 27.7 Å². The second-order valence-electron chi connectivity index (χ2n) is 5.43. The lowest BCUT2D eigenvalue weighted by Crippen LogP contribution is -2.43. The third kappa shape index (κ3) is 3.94. The maximum atomic E-state index is 12.7. The zero-order valence-corrected chi connectivity index (χ0v) is 15.4. The fourth-order valence-electron chi connectivity index (χ4n) is 2.73. The lowest BCUT2D eigenvalue weighted by atomic mass is 9.96. The summed E-state index contributed by atoms with van der Waals surface area (Å²) in [5, 5.41) is 0.349. The van der Waals surface area contributed by atoms with Crippen molar-refractivity contribution in [2.24, 2.45) is 0 Å². The number of nitrogens with two attached hydrogens (primary N) is 1. The first-order chi connectivity index (χ1) is 9.85. The highest BCUT2D eigenvalue weighted by Crippen LogP contribution is 2.30. The maximum Gasteiger partial charge on any atom is 0.241 e. The molecule has 1 aliphatic rings. The molecule has 1 saturated carbocycles. The Morgan fingerprint density at radius 3 is 2.67 bits per heavy atom. The Labute approximate surface area is 139 Å². The fourth-order valence-corrected chi connectivity index (χ4v) is 5.79. The highest BCUT2D eigenvalue weighted by atomic mass is 79.9. The molecule has 2 unspecified atom stereocenters. The minimum absolute atomic E-state index is 0.00280. The van der Waals surface area contributed by atoms with Crippen molar-refractivity contribution in [3.63, 3.8) is 0 Å². The first-order valence-electron chi connectivity index (χ1n) is 6.96. The molecule has 7 heteroatoms. The summed E-state index contributed by atoms with van der Waals surface area (Å²) in [6, 6.07) is 3.28. The zero-order valence-electron chi connectivity index (χ0n) is 12.2. The molecular weight excluding hydrogens is 372 g/mol. The van der Waals surface area contributed by atoms with Crippen molar-refractivity contribution < 1.29 is 8.42 Å². The van der Waals surface area contributed by atoms with Crippen molar-refractivity contribution in [3.8, 4) is 0 Å². The smallest absolute Gasteiger partial charge is 0.241 e. The van der Waals surface area contributed by atoms with Crippen molar-refractivity contribution in [3.05, 3.63) is 22.2 Å². The van der Waals surface area contributed by atoms with Crippen LogP contribution in [0.2, 0.25) is 0 Å². The van der Waals surface area contributed by atoms with Gasteiger partial charge in [0.2, 0.25) is 10.0 Å². The van der Waals surface area contributed by atoms with Gasteiger partial charge in [-0.25, -0.2) is 13.1 Å². The van der Waals surface area contributed by atoms with Gasteiger partial charge in [0.15, 0.2) is 0 Å². The van der Waals surface area contributed by atoms with Crippen LogP contribution in [0, 0.1) is 6.92 Å². The van der Waals surface area contributed by atoms with Gasteiger partial charge in [-0.1, -0.05) is 12.8 Å². The number of nitrogen functional groups attached to an aromatic ring is 1. The Bertz CT molecular complexity index is 620. The van der Waals surface area contributed by atoms with Gasteiger partial charge in [0.05, 0.1) is 4.90 Å². The Balaban J connectivity index is 2.28. The van der Waals surface area contributed by atoms with Crippen molar-refractivity contribution >= 4 is 43.4 Å². The van der Waals surface area contributed by atoms with Gasteiger partial charge in [0, 0.05) is 21.5 Å². The van der Waals surface area contributed by atoms with Crippen LogP contribution in [0.5, 0.6) is 0 Å². The number of hydrogen-bond acceptors (Lipinski definition) is 4. The van der Waals surface area contributed by atoms with Crippen molar-refractivity contribution in [2.75, 3.05) is 12.0 Å². The summed E-state index contributed by atoms with van der Waals surface area (Å²) in [4.78, 5) is 0.272. The molecule has 1 aromatic carbocycles. The molecule has 0 aliphatic heterocycles. The van der Waals surface area contributed by atoms with Crippen LogP contribution in [0.15, 0.2) is 21.5 Å². The molecule has 2 atom stereocenters. The lowest BCUT2D eigenvalue weighted by molar-refractivity contribution is 0.423. The van der Waals surface area contributed by atoms with Crippen LogP contribution < -0.4 is 10.5 Å². The predicted octanol–water partition coefficient (Wildman–Crippen LogP) is 3.29. The van der Waals surface area contributed by atoms with Crippen LogP contribution in [0.4, 0.5) is 5.69 Å². The van der Waals surface area contributed by atoms with Crippen LogP contribution in [0.1, 0.15) is 31.2 Å². The van der Waals surface area contributed by atoms with Gasteiger partial charge in [-0.3, -0.25) is 0 Å². The first-order valence-corrected chi connectivity index (χ1v) is 10.5. The Morgan fingerprint density at radius 1 is 1.33 bits per heavy atom. The molecule has 1 aliphatic carbocycles. The summed E-state index contributed by atoms with van der Waals surface area (Å²) < 4.78 is 28.9. The van der Waals surface area contributed by atoms with E-state index in [1.54, 1.807) is 24.8 Å². The van der Waals surface area contributed by atoms with Gasteiger partial charge >= 0.3 is 0 Å². The van der Waals surface area contributed by atoms with E-state index < -0.39 is 10.0 Å². The minimum Gasteiger partial charge on any atom is -0.398 e. The second kappa shape index (κ2) is 6.89. The highest BCUT2D eigenvalue weighted by Gasteiger charge is 2.29. The van der Waals surface area contributed by atoms with E-state index in [4.69, 9.17) is 5.73 Å². The van der Waals surface area contributed by atoms with Gasteiger partial charge in [0.25, 0.3) is 0 Å². The van der Waals surface area contributed by atoms with E-state index in [1.165, 1.54) is 12.5 Å². The molecule has 0 heterocycles. The van der Waals surface area contributed by atoms with Gasteiger partial charge in [0.1, 0.15) is 0 Å². The topological polar surface area (TPSA) is 72.2 Å². The molecule has 0 amide bonds. The third-order valence-electron chi connectivity index (χ3n) is 3.90. The summed E-state index contributed by atoms with van der Waals surface area (Å²) in [6.07, 6.45) is 6.26. The van der Waals surface area contributed by atoms with Gasteiger partial charge < -0.3 is 5.73 Å². The molecular formula is C14H21BrN2O2S2. The Kier molecular flexibility index (Phi) is 5.62. The maximum absolute atomic E-state index is 12.7. The fraction of sp³-hybridized carbons (Fsp3) is 0.571. The molecule has 1 fully saturated rings. The van der Waals surface area contributed by atoms with E-state index in [0.717, 1.165) is 23.7 Å². The number of thioether (sulfide) groups is 1. The Morgan fingerprint density at radius 2 is 2.00 bits per heavy atom. The SMILES string of the molecule is CSC1CCCCC1NS(=O)(=O)c1cc(N)c(Br)cc1C. The van der Waals surface area contributed by atoms with E-state index in [2.05, 4.69) is 20.7 Å². The first kappa shape index (κ1) is 17.1. The molecule has 2 rings (SSSR count). The predicted molar refractivity (Wildman–Crippen MR) is 93.2 cm³/mol. The number of rotatable bonds is 4. The third-order valence-corrected chi connectivity index (χ3v) is 7.38. The summed E-state index contributed by atoms with van der Waals surface area (Å²) in [5.74, 6) is 0.